The maximum Gasteiger partial charge on any atom is 0.123 e. The molecule has 106 valence electrons. The van der Waals surface area contributed by atoms with Gasteiger partial charge in [0, 0.05) is 12.6 Å². The Bertz CT molecular complexity index is 369. The predicted molar refractivity (Wildman–Crippen MR) is 77.3 cm³/mol. The molecule has 1 unspecified atom stereocenters. The summed E-state index contributed by atoms with van der Waals surface area (Å²) in [5, 5.41) is 0. The summed E-state index contributed by atoms with van der Waals surface area (Å²) in [6.45, 7) is 5.35. The van der Waals surface area contributed by atoms with Gasteiger partial charge >= 0.3 is 0 Å². The van der Waals surface area contributed by atoms with Gasteiger partial charge in [-0.3, -0.25) is 4.90 Å². The average molecular weight is 264 g/mol. The van der Waals surface area contributed by atoms with Gasteiger partial charge in [-0.05, 0) is 56.0 Å². The summed E-state index contributed by atoms with van der Waals surface area (Å²) < 4.78 is 12.9. The summed E-state index contributed by atoms with van der Waals surface area (Å²) in [7, 11) is 0. The molecule has 1 aliphatic heterocycles. The first-order chi connectivity index (χ1) is 9.19. The maximum atomic E-state index is 12.9. The van der Waals surface area contributed by atoms with E-state index in [2.05, 4.69) is 11.8 Å². The zero-order chi connectivity index (χ0) is 13.7. The van der Waals surface area contributed by atoms with Gasteiger partial charge in [0.2, 0.25) is 0 Å². The first kappa shape index (κ1) is 14.5. The van der Waals surface area contributed by atoms with Gasteiger partial charge in [0.1, 0.15) is 5.82 Å². The van der Waals surface area contributed by atoms with Crippen LogP contribution in [0.4, 0.5) is 4.39 Å². The van der Waals surface area contributed by atoms with Crippen LogP contribution in [0, 0.1) is 11.7 Å². The lowest BCUT2D eigenvalue weighted by molar-refractivity contribution is 0.159. The topological polar surface area (TPSA) is 29.3 Å². The number of benzene rings is 1. The van der Waals surface area contributed by atoms with Gasteiger partial charge < -0.3 is 5.73 Å². The molecular weight excluding hydrogens is 239 g/mol. The predicted octanol–water partition coefficient (Wildman–Crippen LogP) is 3.17. The van der Waals surface area contributed by atoms with Crippen LogP contribution in [-0.4, -0.2) is 24.0 Å². The molecule has 2 rings (SSSR count). The van der Waals surface area contributed by atoms with Crippen molar-refractivity contribution in [3.63, 3.8) is 0 Å². The molecule has 3 heteroatoms. The highest BCUT2D eigenvalue weighted by Gasteiger charge is 2.23. The van der Waals surface area contributed by atoms with Crippen LogP contribution in [0.3, 0.4) is 0 Å². The second-order valence-electron chi connectivity index (χ2n) is 5.69. The third-order valence-electron chi connectivity index (χ3n) is 4.18. The molecule has 1 aromatic rings. The molecule has 0 bridgehead atoms. The molecule has 0 spiro atoms. The Morgan fingerprint density at radius 3 is 2.47 bits per heavy atom. The van der Waals surface area contributed by atoms with Gasteiger partial charge in [0.05, 0.1) is 0 Å². The molecule has 1 heterocycles. The smallest absolute Gasteiger partial charge is 0.123 e. The first-order valence-electron chi connectivity index (χ1n) is 7.41. The summed E-state index contributed by atoms with van der Waals surface area (Å²) in [6.07, 6.45) is 4.71. The van der Waals surface area contributed by atoms with Crippen molar-refractivity contribution >= 4 is 0 Å². The van der Waals surface area contributed by atoms with Gasteiger partial charge in [-0.25, -0.2) is 4.39 Å². The molecule has 0 saturated carbocycles. The summed E-state index contributed by atoms with van der Waals surface area (Å²) in [5.74, 6) is 0.525. The van der Waals surface area contributed by atoms with E-state index in [1.54, 1.807) is 12.1 Å². The number of nitrogens with two attached hydrogens (primary N) is 1. The lowest BCUT2D eigenvalue weighted by Gasteiger charge is -2.34. The second-order valence-corrected chi connectivity index (χ2v) is 5.69. The van der Waals surface area contributed by atoms with Gasteiger partial charge in [-0.15, -0.1) is 0 Å². The molecule has 1 saturated heterocycles. The summed E-state index contributed by atoms with van der Waals surface area (Å²) in [6, 6.07) is 7.21. The van der Waals surface area contributed by atoms with Crippen LogP contribution in [0.25, 0.3) is 0 Å². The van der Waals surface area contributed by atoms with E-state index >= 15 is 0 Å². The largest absolute Gasteiger partial charge is 0.327 e. The Balaban J connectivity index is 1.78. The minimum atomic E-state index is -0.159. The van der Waals surface area contributed by atoms with Crippen molar-refractivity contribution in [2.75, 3.05) is 13.1 Å². The Labute approximate surface area is 115 Å². The molecule has 1 aromatic carbocycles. The van der Waals surface area contributed by atoms with E-state index in [-0.39, 0.29) is 5.82 Å². The van der Waals surface area contributed by atoms with Crippen LogP contribution in [-0.2, 0) is 6.54 Å². The number of likely N-dealkylation sites (tertiary alicyclic amines) is 1. The van der Waals surface area contributed by atoms with E-state index in [1.807, 2.05) is 12.1 Å². The fraction of sp³-hybridized carbons (Fsp3) is 0.625. The molecule has 2 nitrogen and oxygen atoms in total. The van der Waals surface area contributed by atoms with Gasteiger partial charge in [0.15, 0.2) is 0 Å². The summed E-state index contributed by atoms with van der Waals surface area (Å²) in [5.41, 5.74) is 7.41. The molecule has 0 amide bonds. The van der Waals surface area contributed by atoms with E-state index in [0.717, 1.165) is 26.1 Å². The minimum absolute atomic E-state index is 0.159. The van der Waals surface area contributed by atoms with Gasteiger partial charge in [0.25, 0.3) is 0 Å². The molecule has 0 radical (unpaired) electrons. The third kappa shape index (κ3) is 4.29. The number of nitrogens with zero attached hydrogens (tertiary/aromatic N) is 1. The highest BCUT2D eigenvalue weighted by molar-refractivity contribution is 5.15. The lowest BCUT2D eigenvalue weighted by Crippen LogP contribution is -2.40. The molecular formula is C16H25FN2. The van der Waals surface area contributed by atoms with Gasteiger partial charge in [-0.1, -0.05) is 25.5 Å². The van der Waals surface area contributed by atoms with Crippen LogP contribution in [0.1, 0.15) is 38.2 Å². The Morgan fingerprint density at radius 2 is 1.89 bits per heavy atom. The van der Waals surface area contributed by atoms with Crippen molar-refractivity contribution in [3.8, 4) is 0 Å². The Kier molecular flexibility index (Phi) is 5.34. The molecule has 1 fully saturated rings. The van der Waals surface area contributed by atoms with Crippen molar-refractivity contribution in [1.82, 2.24) is 4.90 Å². The zero-order valence-corrected chi connectivity index (χ0v) is 11.8. The third-order valence-corrected chi connectivity index (χ3v) is 4.18. The van der Waals surface area contributed by atoms with Gasteiger partial charge in [-0.2, -0.15) is 0 Å². The lowest BCUT2D eigenvalue weighted by atomic mass is 9.87. The fourth-order valence-electron chi connectivity index (χ4n) is 2.96. The van der Waals surface area contributed by atoms with Crippen LogP contribution >= 0.6 is 0 Å². The number of rotatable bonds is 5. The summed E-state index contributed by atoms with van der Waals surface area (Å²) in [4.78, 5) is 2.45. The highest BCUT2D eigenvalue weighted by atomic mass is 19.1. The van der Waals surface area contributed by atoms with E-state index in [1.165, 1.54) is 24.8 Å². The Morgan fingerprint density at radius 1 is 1.26 bits per heavy atom. The Hall–Kier alpha value is -0.930. The van der Waals surface area contributed by atoms with Crippen molar-refractivity contribution in [2.24, 2.45) is 11.7 Å². The van der Waals surface area contributed by atoms with Crippen LogP contribution in [0.5, 0.6) is 0 Å². The molecule has 19 heavy (non-hydrogen) atoms. The molecule has 0 aliphatic carbocycles. The number of piperidine rings is 1. The SMILES string of the molecule is CCCC(N)C1CCN(Cc2ccc(F)cc2)CC1. The van der Waals surface area contributed by atoms with Crippen molar-refractivity contribution in [2.45, 2.75) is 45.2 Å². The monoisotopic (exact) mass is 264 g/mol. The zero-order valence-electron chi connectivity index (χ0n) is 11.8. The maximum absolute atomic E-state index is 12.9. The highest BCUT2D eigenvalue weighted by Crippen LogP contribution is 2.23. The standard InChI is InChI=1S/C16H25FN2/c1-2-3-16(18)14-8-10-19(11-9-14)12-13-4-6-15(17)7-5-13/h4-7,14,16H,2-3,8-12,18H2,1H3. The van der Waals surface area contributed by atoms with Crippen molar-refractivity contribution in [3.05, 3.63) is 35.6 Å². The van der Waals surface area contributed by atoms with Crippen molar-refractivity contribution < 1.29 is 4.39 Å². The number of halogens is 1. The number of hydrogen-bond acceptors (Lipinski definition) is 2. The van der Waals surface area contributed by atoms with E-state index in [4.69, 9.17) is 5.73 Å². The first-order valence-corrected chi connectivity index (χ1v) is 7.41. The molecule has 2 N–H and O–H groups in total. The van der Waals surface area contributed by atoms with Crippen molar-refractivity contribution in [1.29, 1.82) is 0 Å². The number of hydrogen-bond donors (Lipinski definition) is 1. The summed E-state index contributed by atoms with van der Waals surface area (Å²) >= 11 is 0. The van der Waals surface area contributed by atoms with E-state index in [0.29, 0.717) is 12.0 Å². The molecule has 0 aromatic heterocycles. The molecule has 1 aliphatic rings. The van der Waals surface area contributed by atoms with Crippen LogP contribution < -0.4 is 5.73 Å². The quantitative estimate of drug-likeness (QED) is 0.885. The normalized spacial score (nSPS) is 19.5. The fourth-order valence-corrected chi connectivity index (χ4v) is 2.96. The average Bonchev–Trinajstić information content (AvgIpc) is 2.42. The van der Waals surface area contributed by atoms with Crippen LogP contribution in [0.2, 0.25) is 0 Å². The minimum Gasteiger partial charge on any atom is -0.327 e. The van der Waals surface area contributed by atoms with Crippen LogP contribution in [0.15, 0.2) is 24.3 Å². The van der Waals surface area contributed by atoms with E-state index in [9.17, 15) is 4.39 Å². The second kappa shape index (κ2) is 7.01. The van der Waals surface area contributed by atoms with E-state index < -0.39 is 0 Å². The molecule has 1 atom stereocenters.